The van der Waals surface area contributed by atoms with Gasteiger partial charge in [-0.15, -0.1) is 16.8 Å². The number of carbonyl (C=O) groups excluding carboxylic acids is 1. The van der Waals surface area contributed by atoms with Gasteiger partial charge in [-0.05, 0) is 30.9 Å². The van der Waals surface area contributed by atoms with Crippen molar-refractivity contribution in [1.82, 2.24) is 15.1 Å². The van der Waals surface area contributed by atoms with Crippen LogP contribution in [0.3, 0.4) is 0 Å². The van der Waals surface area contributed by atoms with Crippen molar-refractivity contribution in [3.8, 4) is 0 Å². The monoisotopic (exact) mass is 260 g/mol. The van der Waals surface area contributed by atoms with Crippen molar-refractivity contribution in [1.29, 1.82) is 0 Å². The Morgan fingerprint density at radius 2 is 2.21 bits per heavy atom. The maximum absolute atomic E-state index is 12.2. The number of aromatic nitrogens is 2. The second kappa shape index (κ2) is 6.31. The number of rotatable bonds is 4. The molecule has 2 rings (SSSR count). The van der Waals surface area contributed by atoms with Crippen molar-refractivity contribution in [2.24, 2.45) is 5.92 Å². The van der Waals surface area contributed by atoms with Gasteiger partial charge in [0.15, 0.2) is 5.69 Å². The molecule has 1 N–H and O–H groups in total. The molecule has 1 amide bonds. The molecule has 1 aromatic heterocycles. The van der Waals surface area contributed by atoms with E-state index in [1.807, 2.05) is 4.90 Å². The molecule has 19 heavy (non-hydrogen) atoms. The highest BCUT2D eigenvalue weighted by Gasteiger charge is 2.22. The molecule has 1 fully saturated rings. The van der Waals surface area contributed by atoms with Crippen molar-refractivity contribution in [2.45, 2.75) is 19.8 Å². The van der Waals surface area contributed by atoms with E-state index in [1.54, 1.807) is 18.2 Å². The second-order valence-corrected chi connectivity index (χ2v) is 4.95. The third-order valence-electron chi connectivity index (χ3n) is 3.38. The first-order valence-corrected chi connectivity index (χ1v) is 6.68. The van der Waals surface area contributed by atoms with Crippen LogP contribution in [-0.2, 0) is 0 Å². The molecular weight excluding hydrogens is 240 g/mol. The molecule has 0 aromatic carbocycles. The number of nitrogens with zero attached hydrogens (tertiary/aromatic N) is 3. The van der Waals surface area contributed by atoms with E-state index < -0.39 is 0 Å². The van der Waals surface area contributed by atoms with Crippen LogP contribution in [0.1, 0.15) is 30.3 Å². The van der Waals surface area contributed by atoms with Gasteiger partial charge in [0, 0.05) is 19.6 Å². The van der Waals surface area contributed by atoms with Crippen LogP contribution in [0.15, 0.2) is 24.8 Å². The lowest BCUT2D eigenvalue weighted by Crippen LogP contribution is -2.38. The van der Waals surface area contributed by atoms with Crippen LogP contribution in [0.25, 0.3) is 0 Å². The fourth-order valence-corrected chi connectivity index (χ4v) is 2.09. The number of hydrogen-bond donors (Lipinski definition) is 1. The molecular formula is C14H20N4O. The fraction of sp³-hybridized carbons (Fsp3) is 0.500. The molecule has 5 heteroatoms. The van der Waals surface area contributed by atoms with Gasteiger partial charge >= 0.3 is 0 Å². The number of likely N-dealkylation sites (tertiary alicyclic amines) is 1. The van der Waals surface area contributed by atoms with Gasteiger partial charge in [-0.2, -0.15) is 0 Å². The smallest absolute Gasteiger partial charge is 0.274 e. The summed E-state index contributed by atoms with van der Waals surface area (Å²) in [6.07, 6.45) is 3.88. The quantitative estimate of drug-likeness (QED) is 0.841. The summed E-state index contributed by atoms with van der Waals surface area (Å²) >= 11 is 0. The van der Waals surface area contributed by atoms with E-state index in [4.69, 9.17) is 0 Å². The SMILES string of the molecule is C=CCNc1ccc(C(=O)N2CCC(C)CC2)nn1. The molecule has 5 nitrogen and oxygen atoms in total. The molecule has 0 bridgehead atoms. The van der Waals surface area contributed by atoms with Crippen LogP contribution < -0.4 is 5.32 Å². The van der Waals surface area contributed by atoms with Crippen molar-refractivity contribution >= 4 is 11.7 Å². The summed E-state index contributed by atoms with van der Waals surface area (Å²) in [7, 11) is 0. The van der Waals surface area contributed by atoms with E-state index >= 15 is 0 Å². The number of amides is 1. The normalized spacial score (nSPS) is 16.2. The van der Waals surface area contributed by atoms with E-state index in [9.17, 15) is 4.79 Å². The summed E-state index contributed by atoms with van der Waals surface area (Å²) in [5.41, 5.74) is 0.415. The Morgan fingerprint density at radius 1 is 1.47 bits per heavy atom. The van der Waals surface area contributed by atoms with Gasteiger partial charge in [0.2, 0.25) is 0 Å². The van der Waals surface area contributed by atoms with E-state index in [0.717, 1.165) is 25.9 Å². The van der Waals surface area contributed by atoms with Crippen LogP contribution >= 0.6 is 0 Å². The van der Waals surface area contributed by atoms with Gasteiger partial charge in [-0.3, -0.25) is 4.79 Å². The lowest BCUT2D eigenvalue weighted by molar-refractivity contribution is 0.0690. The molecule has 1 aliphatic rings. The minimum absolute atomic E-state index is 0.0188. The zero-order valence-electron chi connectivity index (χ0n) is 11.3. The van der Waals surface area contributed by atoms with Gasteiger partial charge < -0.3 is 10.2 Å². The van der Waals surface area contributed by atoms with Crippen molar-refractivity contribution in [2.75, 3.05) is 25.0 Å². The first-order chi connectivity index (χ1) is 9.20. The first-order valence-electron chi connectivity index (χ1n) is 6.68. The number of piperidine rings is 1. The van der Waals surface area contributed by atoms with Crippen LogP contribution in [0, 0.1) is 5.92 Å². The summed E-state index contributed by atoms with van der Waals surface area (Å²) in [5, 5.41) is 11.0. The van der Waals surface area contributed by atoms with E-state index in [2.05, 4.69) is 29.0 Å². The van der Waals surface area contributed by atoms with Crippen molar-refractivity contribution < 1.29 is 4.79 Å². The van der Waals surface area contributed by atoms with Gasteiger partial charge in [0.25, 0.3) is 5.91 Å². The minimum Gasteiger partial charge on any atom is -0.365 e. The molecule has 1 aliphatic heterocycles. The predicted molar refractivity (Wildman–Crippen MR) is 75.0 cm³/mol. The molecule has 1 saturated heterocycles. The Hall–Kier alpha value is -1.91. The lowest BCUT2D eigenvalue weighted by Gasteiger charge is -2.29. The summed E-state index contributed by atoms with van der Waals surface area (Å²) in [6.45, 7) is 8.11. The topological polar surface area (TPSA) is 58.1 Å². The van der Waals surface area contributed by atoms with Gasteiger partial charge in [-0.25, -0.2) is 0 Å². The summed E-state index contributed by atoms with van der Waals surface area (Å²) in [4.78, 5) is 14.1. The Bertz CT molecular complexity index is 435. The van der Waals surface area contributed by atoms with Crippen LogP contribution in [0.2, 0.25) is 0 Å². The maximum Gasteiger partial charge on any atom is 0.274 e. The number of carbonyl (C=O) groups is 1. The average molecular weight is 260 g/mol. The molecule has 0 unspecified atom stereocenters. The highest BCUT2D eigenvalue weighted by Crippen LogP contribution is 2.17. The zero-order valence-corrected chi connectivity index (χ0v) is 11.3. The van der Waals surface area contributed by atoms with E-state index in [-0.39, 0.29) is 5.91 Å². The number of anilines is 1. The Morgan fingerprint density at radius 3 is 2.79 bits per heavy atom. The largest absolute Gasteiger partial charge is 0.365 e. The number of nitrogens with one attached hydrogen (secondary N) is 1. The molecule has 102 valence electrons. The zero-order chi connectivity index (χ0) is 13.7. The van der Waals surface area contributed by atoms with E-state index in [1.165, 1.54) is 0 Å². The molecule has 0 aliphatic carbocycles. The van der Waals surface area contributed by atoms with Crippen LogP contribution in [0.5, 0.6) is 0 Å². The van der Waals surface area contributed by atoms with Crippen LogP contribution in [-0.4, -0.2) is 40.6 Å². The molecule has 1 aromatic rings. The number of hydrogen-bond acceptors (Lipinski definition) is 4. The van der Waals surface area contributed by atoms with Gasteiger partial charge in [0.1, 0.15) is 5.82 Å². The fourth-order valence-electron chi connectivity index (χ4n) is 2.09. The van der Waals surface area contributed by atoms with E-state index in [0.29, 0.717) is 24.0 Å². The standard InChI is InChI=1S/C14H20N4O/c1-3-8-15-13-5-4-12(16-17-13)14(19)18-9-6-11(2)7-10-18/h3-5,11H,1,6-10H2,2H3,(H,15,17). The second-order valence-electron chi connectivity index (χ2n) is 4.95. The van der Waals surface area contributed by atoms with Gasteiger partial charge in [-0.1, -0.05) is 13.0 Å². The highest BCUT2D eigenvalue weighted by atomic mass is 16.2. The maximum atomic E-state index is 12.2. The molecule has 2 heterocycles. The minimum atomic E-state index is -0.0188. The molecule has 0 atom stereocenters. The highest BCUT2D eigenvalue weighted by molar-refractivity contribution is 5.92. The molecule has 0 spiro atoms. The third kappa shape index (κ3) is 3.53. The Labute approximate surface area is 113 Å². The molecule has 0 radical (unpaired) electrons. The van der Waals surface area contributed by atoms with Crippen LogP contribution in [0.4, 0.5) is 5.82 Å². The Balaban J connectivity index is 1.97. The predicted octanol–water partition coefficient (Wildman–Crippen LogP) is 1.95. The summed E-state index contributed by atoms with van der Waals surface area (Å²) in [6, 6.07) is 3.50. The van der Waals surface area contributed by atoms with Crippen molar-refractivity contribution in [3.05, 3.63) is 30.5 Å². The summed E-state index contributed by atoms with van der Waals surface area (Å²) < 4.78 is 0. The Kier molecular flexibility index (Phi) is 4.49. The molecule has 0 saturated carbocycles. The first kappa shape index (κ1) is 13.5. The average Bonchev–Trinajstić information content (AvgIpc) is 2.46. The lowest BCUT2D eigenvalue weighted by atomic mass is 9.99. The third-order valence-corrected chi connectivity index (χ3v) is 3.38. The summed E-state index contributed by atoms with van der Waals surface area (Å²) in [5.74, 6) is 1.35. The van der Waals surface area contributed by atoms with Crippen molar-refractivity contribution in [3.63, 3.8) is 0 Å². The van der Waals surface area contributed by atoms with Gasteiger partial charge in [0.05, 0.1) is 0 Å².